The standard InChI is InChI=1S/C15H21NO5/c1-3-12-11(15(18)19)7-13(21-12)14(17)16-6-5-10(8-16)9-20-4-2/h7,10H,3-6,8-9H2,1-2H3,(H,18,19). The molecule has 0 aliphatic carbocycles. The number of carboxylic acids is 1. The highest BCUT2D eigenvalue weighted by atomic mass is 16.5. The van der Waals surface area contributed by atoms with Gasteiger partial charge in [0, 0.05) is 38.1 Å². The summed E-state index contributed by atoms with van der Waals surface area (Å²) >= 11 is 0. The molecular formula is C15H21NO5. The van der Waals surface area contributed by atoms with E-state index < -0.39 is 5.97 Å². The lowest BCUT2D eigenvalue weighted by molar-refractivity contribution is 0.0691. The molecule has 1 aliphatic rings. The van der Waals surface area contributed by atoms with Gasteiger partial charge in [-0.15, -0.1) is 0 Å². The zero-order chi connectivity index (χ0) is 15.4. The van der Waals surface area contributed by atoms with Crippen molar-refractivity contribution in [3.63, 3.8) is 0 Å². The number of rotatable bonds is 6. The number of carbonyl (C=O) groups excluding carboxylic acids is 1. The highest BCUT2D eigenvalue weighted by Crippen LogP contribution is 2.22. The Bertz CT molecular complexity index is 522. The van der Waals surface area contributed by atoms with Crippen molar-refractivity contribution in [1.29, 1.82) is 0 Å². The fourth-order valence-corrected chi connectivity index (χ4v) is 2.57. The first-order chi connectivity index (χ1) is 10.1. The maximum atomic E-state index is 12.4. The van der Waals surface area contributed by atoms with Crippen LogP contribution in [0.15, 0.2) is 10.5 Å². The molecule has 1 fully saturated rings. The lowest BCUT2D eigenvalue weighted by Crippen LogP contribution is -2.29. The second-order valence-electron chi connectivity index (χ2n) is 5.17. The molecule has 1 aromatic rings. The zero-order valence-electron chi connectivity index (χ0n) is 12.4. The molecule has 0 bridgehead atoms. The number of likely N-dealkylation sites (tertiary alicyclic amines) is 1. The van der Waals surface area contributed by atoms with Gasteiger partial charge in [0.25, 0.3) is 5.91 Å². The molecule has 1 saturated heterocycles. The lowest BCUT2D eigenvalue weighted by Gasteiger charge is -2.14. The number of ether oxygens (including phenoxy) is 1. The Morgan fingerprint density at radius 2 is 2.24 bits per heavy atom. The summed E-state index contributed by atoms with van der Waals surface area (Å²) in [5.41, 5.74) is 0.0749. The number of aromatic carboxylic acids is 1. The zero-order valence-corrected chi connectivity index (χ0v) is 12.4. The van der Waals surface area contributed by atoms with Crippen molar-refractivity contribution in [2.24, 2.45) is 5.92 Å². The molecule has 116 valence electrons. The van der Waals surface area contributed by atoms with Crippen LogP contribution in [0.2, 0.25) is 0 Å². The van der Waals surface area contributed by atoms with E-state index in [1.807, 2.05) is 6.92 Å². The molecule has 0 radical (unpaired) electrons. The van der Waals surface area contributed by atoms with Crippen LogP contribution in [0.3, 0.4) is 0 Å². The second kappa shape index (κ2) is 6.76. The van der Waals surface area contributed by atoms with Crippen LogP contribution in [0, 0.1) is 5.92 Å². The van der Waals surface area contributed by atoms with Crippen LogP contribution in [-0.2, 0) is 11.2 Å². The molecule has 2 rings (SSSR count). The number of amides is 1. The van der Waals surface area contributed by atoms with Crippen LogP contribution in [0.5, 0.6) is 0 Å². The van der Waals surface area contributed by atoms with Crippen molar-refractivity contribution in [1.82, 2.24) is 4.90 Å². The Balaban J connectivity index is 2.05. The molecule has 1 N–H and O–H groups in total. The highest BCUT2D eigenvalue weighted by molar-refractivity contribution is 5.96. The van der Waals surface area contributed by atoms with E-state index in [0.717, 1.165) is 6.42 Å². The SMILES string of the molecule is CCOCC1CCN(C(=O)c2cc(C(=O)O)c(CC)o2)C1. The monoisotopic (exact) mass is 295 g/mol. The van der Waals surface area contributed by atoms with E-state index in [2.05, 4.69) is 0 Å². The lowest BCUT2D eigenvalue weighted by atomic mass is 10.1. The van der Waals surface area contributed by atoms with E-state index in [1.165, 1.54) is 6.07 Å². The van der Waals surface area contributed by atoms with Crippen LogP contribution in [0.1, 0.15) is 46.9 Å². The van der Waals surface area contributed by atoms with E-state index in [-0.39, 0.29) is 17.2 Å². The van der Waals surface area contributed by atoms with Crippen LogP contribution < -0.4 is 0 Å². The predicted molar refractivity (Wildman–Crippen MR) is 75.5 cm³/mol. The molecule has 1 aliphatic heterocycles. The Labute approximate surface area is 123 Å². The maximum Gasteiger partial charge on any atom is 0.339 e. The van der Waals surface area contributed by atoms with Gasteiger partial charge in [0.15, 0.2) is 5.76 Å². The van der Waals surface area contributed by atoms with Crippen molar-refractivity contribution >= 4 is 11.9 Å². The fourth-order valence-electron chi connectivity index (χ4n) is 2.57. The summed E-state index contributed by atoms with van der Waals surface area (Å²) in [6.45, 7) is 6.35. The largest absolute Gasteiger partial charge is 0.478 e. The minimum atomic E-state index is -1.06. The Morgan fingerprint density at radius 1 is 1.48 bits per heavy atom. The molecule has 1 unspecified atom stereocenters. The first-order valence-corrected chi connectivity index (χ1v) is 7.29. The molecule has 1 aromatic heterocycles. The van der Waals surface area contributed by atoms with Crippen LogP contribution in [0.4, 0.5) is 0 Å². The Morgan fingerprint density at radius 3 is 2.81 bits per heavy atom. The van der Waals surface area contributed by atoms with Gasteiger partial charge in [0.1, 0.15) is 11.3 Å². The third-order valence-corrected chi connectivity index (χ3v) is 3.70. The normalized spacial score (nSPS) is 18.2. The van der Waals surface area contributed by atoms with Crippen molar-refractivity contribution in [2.75, 3.05) is 26.3 Å². The van der Waals surface area contributed by atoms with Gasteiger partial charge in [-0.05, 0) is 13.3 Å². The Hall–Kier alpha value is -1.82. The van der Waals surface area contributed by atoms with Gasteiger partial charge in [-0.25, -0.2) is 4.79 Å². The molecular weight excluding hydrogens is 274 g/mol. The van der Waals surface area contributed by atoms with E-state index in [9.17, 15) is 9.59 Å². The molecule has 6 nitrogen and oxygen atoms in total. The smallest absolute Gasteiger partial charge is 0.339 e. The number of nitrogens with zero attached hydrogens (tertiary/aromatic N) is 1. The number of hydrogen-bond acceptors (Lipinski definition) is 4. The Kier molecular flexibility index (Phi) is 5.01. The van der Waals surface area contributed by atoms with Gasteiger partial charge in [-0.1, -0.05) is 6.92 Å². The van der Waals surface area contributed by atoms with Gasteiger partial charge in [0.2, 0.25) is 0 Å². The van der Waals surface area contributed by atoms with Crippen molar-refractivity contribution < 1.29 is 23.8 Å². The van der Waals surface area contributed by atoms with Gasteiger partial charge >= 0.3 is 5.97 Å². The maximum absolute atomic E-state index is 12.4. The highest BCUT2D eigenvalue weighted by Gasteiger charge is 2.30. The molecule has 6 heteroatoms. The summed E-state index contributed by atoms with van der Waals surface area (Å²) in [5, 5.41) is 9.09. The first-order valence-electron chi connectivity index (χ1n) is 7.29. The third kappa shape index (κ3) is 3.44. The van der Waals surface area contributed by atoms with Gasteiger partial charge < -0.3 is 19.2 Å². The number of carboxylic acid groups (broad SMARTS) is 1. The molecule has 2 heterocycles. The molecule has 0 spiro atoms. The first kappa shape index (κ1) is 15.6. The number of aryl methyl sites for hydroxylation is 1. The summed E-state index contributed by atoms with van der Waals surface area (Å²) in [4.78, 5) is 25.2. The average Bonchev–Trinajstić information content (AvgIpc) is 3.10. The molecule has 1 amide bonds. The fraction of sp³-hybridized carbons (Fsp3) is 0.600. The second-order valence-corrected chi connectivity index (χ2v) is 5.17. The molecule has 21 heavy (non-hydrogen) atoms. The van der Waals surface area contributed by atoms with Crippen molar-refractivity contribution in [3.8, 4) is 0 Å². The van der Waals surface area contributed by atoms with Gasteiger partial charge in [0.05, 0.1) is 6.61 Å². The van der Waals surface area contributed by atoms with Crippen LogP contribution in [-0.4, -0.2) is 48.2 Å². The third-order valence-electron chi connectivity index (χ3n) is 3.70. The van der Waals surface area contributed by atoms with E-state index >= 15 is 0 Å². The van der Waals surface area contributed by atoms with E-state index in [1.54, 1.807) is 11.8 Å². The summed E-state index contributed by atoms with van der Waals surface area (Å²) in [6, 6.07) is 1.33. The minimum Gasteiger partial charge on any atom is -0.478 e. The average molecular weight is 295 g/mol. The topological polar surface area (TPSA) is 80.0 Å². The predicted octanol–water partition coefficient (Wildman–Crippen LogP) is 2.04. The van der Waals surface area contributed by atoms with Crippen LogP contribution >= 0.6 is 0 Å². The summed E-state index contributed by atoms with van der Waals surface area (Å²) in [6.07, 6.45) is 1.35. The molecule has 0 saturated carbocycles. The quantitative estimate of drug-likeness (QED) is 0.868. The summed E-state index contributed by atoms with van der Waals surface area (Å²) < 4.78 is 10.8. The van der Waals surface area contributed by atoms with Crippen molar-refractivity contribution in [2.45, 2.75) is 26.7 Å². The van der Waals surface area contributed by atoms with Crippen molar-refractivity contribution in [3.05, 3.63) is 23.2 Å². The van der Waals surface area contributed by atoms with Gasteiger partial charge in [-0.2, -0.15) is 0 Å². The minimum absolute atomic E-state index is 0.0749. The summed E-state index contributed by atoms with van der Waals surface area (Å²) in [7, 11) is 0. The van der Waals surface area contributed by atoms with E-state index in [0.29, 0.717) is 44.4 Å². The number of hydrogen-bond donors (Lipinski definition) is 1. The number of carbonyl (C=O) groups is 2. The number of furan rings is 1. The van der Waals surface area contributed by atoms with Gasteiger partial charge in [-0.3, -0.25) is 4.79 Å². The molecule has 0 aromatic carbocycles. The van der Waals surface area contributed by atoms with E-state index in [4.69, 9.17) is 14.3 Å². The molecule has 1 atom stereocenters. The van der Waals surface area contributed by atoms with Crippen LogP contribution in [0.25, 0.3) is 0 Å². The summed E-state index contributed by atoms with van der Waals surface area (Å²) in [5.74, 6) is -0.507.